The number of carbonyl (C=O) groups is 2. The van der Waals surface area contributed by atoms with Crippen molar-refractivity contribution in [2.24, 2.45) is 0 Å². The third-order valence-electron chi connectivity index (χ3n) is 4.47. The summed E-state index contributed by atoms with van der Waals surface area (Å²) >= 11 is 1.58. The van der Waals surface area contributed by atoms with E-state index in [1.165, 1.54) is 0 Å². The quantitative estimate of drug-likeness (QED) is 0.683. The molecular formula is C21H31NO4S. The van der Waals surface area contributed by atoms with E-state index in [2.05, 4.69) is 0 Å². The Morgan fingerprint density at radius 1 is 1.15 bits per heavy atom. The predicted octanol–water partition coefficient (Wildman–Crippen LogP) is 4.04. The van der Waals surface area contributed by atoms with Crippen LogP contribution in [0.15, 0.2) is 24.3 Å². The highest BCUT2D eigenvalue weighted by molar-refractivity contribution is 8.00. The second kappa shape index (κ2) is 8.55. The van der Waals surface area contributed by atoms with Crippen LogP contribution in [-0.2, 0) is 20.1 Å². The molecule has 0 radical (unpaired) electrons. The van der Waals surface area contributed by atoms with Crippen molar-refractivity contribution in [1.29, 1.82) is 0 Å². The van der Waals surface area contributed by atoms with Gasteiger partial charge in [0.2, 0.25) is 5.91 Å². The SMILES string of the molecule is COc1ccc(CSC(C)(C)C(=O)N2CCC[C@H]2C(=O)OC(C)(C)C)cc1. The van der Waals surface area contributed by atoms with Crippen molar-refractivity contribution in [1.82, 2.24) is 4.90 Å². The zero-order valence-corrected chi connectivity index (χ0v) is 18.0. The monoisotopic (exact) mass is 393 g/mol. The van der Waals surface area contributed by atoms with Gasteiger partial charge in [0.15, 0.2) is 0 Å². The first-order chi connectivity index (χ1) is 12.5. The summed E-state index contributed by atoms with van der Waals surface area (Å²) in [6.45, 7) is 10.00. The van der Waals surface area contributed by atoms with Gasteiger partial charge in [-0.1, -0.05) is 12.1 Å². The Labute approximate surface area is 166 Å². The molecule has 1 aliphatic rings. The summed E-state index contributed by atoms with van der Waals surface area (Å²) in [4.78, 5) is 27.4. The first kappa shape index (κ1) is 21.6. The Bertz CT molecular complexity index is 664. The predicted molar refractivity (Wildman–Crippen MR) is 109 cm³/mol. The van der Waals surface area contributed by atoms with Crippen LogP contribution in [0.25, 0.3) is 0 Å². The summed E-state index contributed by atoms with van der Waals surface area (Å²) in [6.07, 6.45) is 1.49. The van der Waals surface area contributed by atoms with Gasteiger partial charge in [-0.25, -0.2) is 4.79 Å². The lowest BCUT2D eigenvalue weighted by molar-refractivity contribution is -0.163. The number of ether oxygens (including phenoxy) is 2. The third-order valence-corrected chi connectivity index (χ3v) is 5.84. The minimum absolute atomic E-state index is 0.00521. The Kier molecular flexibility index (Phi) is 6.84. The lowest BCUT2D eigenvalue weighted by Crippen LogP contribution is -2.49. The highest BCUT2D eigenvalue weighted by Crippen LogP contribution is 2.33. The van der Waals surface area contributed by atoms with E-state index in [4.69, 9.17) is 9.47 Å². The fraction of sp³-hybridized carbons (Fsp3) is 0.619. The molecule has 0 saturated carbocycles. The van der Waals surface area contributed by atoms with Crippen LogP contribution in [0.1, 0.15) is 53.0 Å². The van der Waals surface area contributed by atoms with Crippen LogP contribution in [0.4, 0.5) is 0 Å². The number of carbonyl (C=O) groups excluding carboxylic acids is 2. The molecule has 0 spiro atoms. The van der Waals surface area contributed by atoms with Gasteiger partial charge in [0.05, 0.1) is 11.9 Å². The van der Waals surface area contributed by atoms with Crippen LogP contribution in [-0.4, -0.2) is 46.8 Å². The highest BCUT2D eigenvalue weighted by atomic mass is 32.2. The molecule has 2 rings (SSSR count). The summed E-state index contributed by atoms with van der Waals surface area (Å²) in [6, 6.07) is 7.38. The zero-order chi connectivity index (χ0) is 20.2. The molecule has 5 nitrogen and oxygen atoms in total. The fourth-order valence-electron chi connectivity index (χ4n) is 3.02. The normalized spacial score (nSPS) is 17.7. The number of hydrogen-bond acceptors (Lipinski definition) is 5. The molecule has 1 aromatic rings. The Balaban J connectivity index is 2.01. The number of hydrogen-bond donors (Lipinski definition) is 0. The van der Waals surface area contributed by atoms with Crippen LogP contribution >= 0.6 is 11.8 Å². The molecule has 1 aliphatic heterocycles. The van der Waals surface area contributed by atoms with E-state index in [0.29, 0.717) is 18.7 Å². The molecule has 1 aromatic carbocycles. The Morgan fingerprint density at radius 2 is 1.78 bits per heavy atom. The minimum Gasteiger partial charge on any atom is -0.497 e. The summed E-state index contributed by atoms with van der Waals surface area (Å²) in [5.74, 6) is 1.23. The van der Waals surface area contributed by atoms with Crippen LogP contribution in [0, 0.1) is 0 Å². The van der Waals surface area contributed by atoms with Gasteiger partial charge < -0.3 is 14.4 Å². The van der Waals surface area contributed by atoms with E-state index in [1.54, 1.807) is 23.8 Å². The Morgan fingerprint density at radius 3 is 2.33 bits per heavy atom. The summed E-state index contributed by atoms with van der Waals surface area (Å²) in [5, 5.41) is 0. The number of nitrogens with zero attached hydrogens (tertiary/aromatic N) is 1. The first-order valence-electron chi connectivity index (χ1n) is 9.34. The summed E-state index contributed by atoms with van der Waals surface area (Å²) in [7, 11) is 1.64. The first-order valence-corrected chi connectivity index (χ1v) is 10.3. The molecule has 0 aromatic heterocycles. The van der Waals surface area contributed by atoms with Crippen LogP contribution < -0.4 is 4.74 Å². The number of methoxy groups -OCH3 is 1. The third kappa shape index (κ3) is 5.89. The maximum atomic E-state index is 13.1. The van der Waals surface area contributed by atoms with Gasteiger partial charge >= 0.3 is 5.97 Å². The number of benzene rings is 1. The molecule has 0 aliphatic carbocycles. The molecule has 1 saturated heterocycles. The molecule has 0 bridgehead atoms. The van der Waals surface area contributed by atoms with Gasteiger partial charge in [0.1, 0.15) is 17.4 Å². The molecule has 6 heteroatoms. The van der Waals surface area contributed by atoms with E-state index in [0.717, 1.165) is 17.7 Å². The van der Waals surface area contributed by atoms with Crippen molar-refractivity contribution < 1.29 is 19.1 Å². The van der Waals surface area contributed by atoms with E-state index in [-0.39, 0.29) is 11.9 Å². The van der Waals surface area contributed by atoms with Crippen molar-refractivity contribution >= 4 is 23.6 Å². The number of thioether (sulfide) groups is 1. The van der Waals surface area contributed by atoms with Gasteiger partial charge in [0.25, 0.3) is 0 Å². The summed E-state index contributed by atoms with van der Waals surface area (Å²) < 4.78 is 10.1. The van der Waals surface area contributed by atoms with Crippen LogP contribution in [0.5, 0.6) is 5.75 Å². The largest absolute Gasteiger partial charge is 0.497 e. The van der Waals surface area contributed by atoms with Crippen molar-refractivity contribution in [3.05, 3.63) is 29.8 Å². The van der Waals surface area contributed by atoms with Crippen LogP contribution in [0.2, 0.25) is 0 Å². The van der Waals surface area contributed by atoms with Gasteiger partial charge in [-0.3, -0.25) is 4.79 Å². The molecule has 0 unspecified atom stereocenters. The van der Waals surface area contributed by atoms with Gasteiger partial charge in [-0.15, -0.1) is 11.8 Å². The maximum Gasteiger partial charge on any atom is 0.329 e. The lowest BCUT2D eigenvalue weighted by atomic mass is 10.1. The number of rotatable bonds is 6. The van der Waals surface area contributed by atoms with Crippen molar-refractivity contribution in [3.8, 4) is 5.75 Å². The molecule has 1 amide bonds. The highest BCUT2D eigenvalue weighted by Gasteiger charge is 2.42. The molecule has 1 atom stereocenters. The lowest BCUT2D eigenvalue weighted by Gasteiger charge is -2.33. The average Bonchev–Trinajstić information content (AvgIpc) is 3.08. The number of amides is 1. The molecular weight excluding hydrogens is 362 g/mol. The minimum atomic E-state index is -0.621. The van der Waals surface area contributed by atoms with Crippen molar-refractivity contribution in [2.75, 3.05) is 13.7 Å². The van der Waals surface area contributed by atoms with Gasteiger partial charge in [0, 0.05) is 12.3 Å². The summed E-state index contributed by atoms with van der Waals surface area (Å²) in [5.41, 5.74) is 0.583. The van der Waals surface area contributed by atoms with Gasteiger partial charge in [-0.05, 0) is 65.2 Å². The molecule has 150 valence electrons. The van der Waals surface area contributed by atoms with Crippen molar-refractivity contribution in [2.45, 2.75) is 69.6 Å². The van der Waals surface area contributed by atoms with E-state index >= 15 is 0 Å². The van der Waals surface area contributed by atoms with Gasteiger partial charge in [-0.2, -0.15) is 0 Å². The van der Waals surface area contributed by atoms with Crippen LogP contribution in [0.3, 0.4) is 0 Å². The second-order valence-corrected chi connectivity index (χ2v) is 9.94. The fourth-order valence-corrected chi connectivity index (χ4v) is 3.98. The zero-order valence-electron chi connectivity index (χ0n) is 17.2. The van der Waals surface area contributed by atoms with Crippen molar-refractivity contribution in [3.63, 3.8) is 0 Å². The second-order valence-electron chi connectivity index (χ2n) is 8.34. The number of esters is 1. The van der Waals surface area contributed by atoms with E-state index in [9.17, 15) is 9.59 Å². The number of likely N-dealkylation sites (tertiary alicyclic amines) is 1. The molecule has 1 heterocycles. The Hall–Kier alpha value is -1.69. The van der Waals surface area contributed by atoms with E-state index < -0.39 is 16.4 Å². The molecule has 0 N–H and O–H groups in total. The molecule has 27 heavy (non-hydrogen) atoms. The standard InChI is InChI=1S/C21H31NO4S/c1-20(2,3)26-18(23)17-8-7-13-22(17)19(24)21(4,5)27-14-15-9-11-16(25-6)12-10-15/h9-12,17H,7-8,13-14H2,1-6H3/t17-/m0/s1. The smallest absolute Gasteiger partial charge is 0.329 e. The molecule has 1 fully saturated rings. The van der Waals surface area contributed by atoms with E-state index in [1.807, 2.05) is 58.9 Å². The topological polar surface area (TPSA) is 55.8 Å². The maximum absolute atomic E-state index is 13.1. The average molecular weight is 394 g/mol.